The second kappa shape index (κ2) is 5.96. The van der Waals surface area contributed by atoms with Crippen molar-refractivity contribution in [3.8, 4) is 11.5 Å². The first kappa shape index (κ1) is 14.7. The van der Waals surface area contributed by atoms with Gasteiger partial charge in [0.25, 0.3) is 5.91 Å². The average molecular weight is 324 g/mol. The maximum Gasteiger partial charge on any atom is 0.259 e. The summed E-state index contributed by atoms with van der Waals surface area (Å²) in [6.45, 7) is 1.55. The van der Waals surface area contributed by atoms with Crippen molar-refractivity contribution < 1.29 is 9.18 Å². The number of hydrogen-bond acceptors (Lipinski definition) is 2. The minimum atomic E-state index is -0.339. The third-order valence-electron chi connectivity index (χ3n) is 4.27. The van der Waals surface area contributed by atoms with Gasteiger partial charge < -0.3 is 9.47 Å². The van der Waals surface area contributed by atoms with E-state index in [9.17, 15) is 9.18 Å². The lowest BCUT2D eigenvalue weighted by Gasteiger charge is -2.16. The highest BCUT2D eigenvalue weighted by molar-refractivity contribution is 5.97. The maximum absolute atomic E-state index is 13.6. The molecule has 0 bridgehead atoms. The maximum atomic E-state index is 13.6. The summed E-state index contributed by atoms with van der Waals surface area (Å²) in [5, 5.41) is 4.36. The van der Waals surface area contributed by atoms with Gasteiger partial charge in [0, 0.05) is 25.5 Å². The molecular formula is C18H17FN4O. The zero-order valence-corrected chi connectivity index (χ0v) is 13.1. The van der Waals surface area contributed by atoms with Gasteiger partial charge in [-0.05, 0) is 43.2 Å². The zero-order chi connectivity index (χ0) is 16.5. The highest BCUT2D eigenvalue weighted by Crippen LogP contribution is 2.23. The molecule has 0 saturated carbocycles. The molecule has 0 aliphatic carbocycles. The third-order valence-corrected chi connectivity index (χ3v) is 4.27. The molecule has 0 unspecified atom stereocenters. The van der Waals surface area contributed by atoms with Crippen LogP contribution in [0.15, 0.2) is 55.0 Å². The number of carbonyl (C=O) groups is 1. The summed E-state index contributed by atoms with van der Waals surface area (Å²) in [6.07, 6.45) is 7.34. The molecule has 5 nitrogen and oxygen atoms in total. The van der Waals surface area contributed by atoms with Crippen molar-refractivity contribution in [3.63, 3.8) is 0 Å². The molecule has 0 spiro atoms. The van der Waals surface area contributed by atoms with E-state index in [0.29, 0.717) is 17.1 Å². The molecule has 1 aliphatic rings. The fourth-order valence-corrected chi connectivity index (χ4v) is 3.10. The van der Waals surface area contributed by atoms with Gasteiger partial charge >= 0.3 is 0 Å². The standard InChI is InChI=1S/C18H17FN4O/c19-14-6-5-7-15(12-14)23-17(21-8-1-2-9-21)16(13-20-23)18(24)22-10-3-4-11-22/h1-2,5-9,12-13H,3-4,10-11H2. The van der Waals surface area contributed by atoms with Gasteiger partial charge in [-0.25, -0.2) is 9.07 Å². The lowest BCUT2D eigenvalue weighted by molar-refractivity contribution is 0.0793. The van der Waals surface area contributed by atoms with Crippen LogP contribution in [0.25, 0.3) is 11.5 Å². The van der Waals surface area contributed by atoms with E-state index in [2.05, 4.69) is 5.10 Å². The Morgan fingerprint density at radius 1 is 1.08 bits per heavy atom. The quantitative estimate of drug-likeness (QED) is 0.743. The molecular weight excluding hydrogens is 307 g/mol. The fourth-order valence-electron chi connectivity index (χ4n) is 3.10. The molecule has 24 heavy (non-hydrogen) atoms. The summed E-state index contributed by atoms with van der Waals surface area (Å²) >= 11 is 0. The van der Waals surface area contributed by atoms with Crippen molar-refractivity contribution in [3.05, 3.63) is 66.4 Å². The van der Waals surface area contributed by atoms with E-state index in [1.165, 1.54) is 12.1 Å². The van der Waals surface area contributed by atoms with E-state index < -0.39 is 0 Å². The van der Waals surface area contributed by atoms with Crippen molar-refractivity contribution >= 4 is 5.91 Å². The predicted octanol–water partition coefficient (Wildman–Crippen LogP) is 3.04. The second-order valence-corrected chi connectivity index (χ2v) is 5.86. The van der Waals surface area contributed by atoms with Crippen molar-refractivity contribution in [2.75, 3.05) is 13.1 Å². The summed E-state index contributed by atoms with van der Waals surface area (Å²) in [7, 11) is 0. The van der Waals surface area contributed by atoms with E-state index in [0.717, 1.165) is 25.9 Å². The Morgan fingerprint density at radius 2 is 1.83 bits per heavy atom. The molecule has 6 heteroatoms. The first-order valence-corrected chi connectivity index (χ1v) is 8.00. The molecule has 0 atom stereocenters. The molecule has 1 fully saturated rings. The summed E-state index contributed by atoms with van der Waals surface area (Å²) in [5.41, 5.74) is 1.11. The minimum absolute atomic E-state index is 0.0288. The number of carbonyl (C=O) groups excluding carboxylic acids is 1. The number of aromatic nitrogens is 3. The van der Waals surface area contributed by atoms with Gasteiger partial charge in [-0.1, -0.05) is 6.07 Å². The Morgan fingerprint density at radius 3 is 2.54 bits per heavy atom. The molecule has 1 saturated heterocycles. The summed E-state index contributed by atoms with van der Waals surface area (Å²) in [5.74, 6) is 0.259. The van der Waals surface area contributed by atoms with Gasteiger partial charge in [0.2, 0.25) is 0 Å². The first-order valence-electron chi connectivity index (χ1n) is 8.00. The molecule has 3 aromatic rings. The van der Waals surface area contributed by atoms with Gasteiger partial charge in [-0.2, -0.15) is 5.10 Å². The SMILES string of the molecule is O=C(c1cnn(-c2cccc(F)c2)c1-n1cccc1)N1CCCC1. The lowest BCUT2D eigenvalue weighted by atomic mass is 10.2. The Hall–Kier alpha value is -2.89. The topological polar surface area (TPSA) is 43.1 Å². The number of nitrogens with zero attached hydrogens (tertiary/aromatic N) is 4. The number of hydrogen-bond donors (Lipinski definition) is 0. The van der Waals surface area contributed by atoms with Crippen molar-refractivity contribution in [1.29, 1.82) is 0 Å². The fraction of sp³-hybridized carbons (Fsp3) is 0.222. The molecule has 4 rings (SSSR count). The van der Waals surface area contributed by atoms with Crippen LogP contribution in [0, 0.1) is 5.82 Å². The van der Waals surface area contributed by atoms with Crippen LogP contribution in [0.2, 0.25) is 0 Å². The van der Waals surface area contributed by atoms with Crippen LogP contribution in [0.1, 0.15) is 23.2 Å². The highest BCUT2D eigenvalue weighted by Gasteiger charge is 2.26. The molecule has 1 aromatic carbocycles. The van der Waals surface area contributed by atoms with E-state index in [1.54, 1.807) is 23.0 Å². The van der Waals surface area contributed by atoms with E-state index in [-0.39, 0.29) is 11.7 Å². The predicted molar refractivity (Wildman–Crippen MR) is 88.0 cm³/mol. The van der Waals surface area contributed by atoms with Gasteiger partial charge in [-0.3, -0.25) is 4.79 Å². The van der Waals surface area contributed by atoms with Crippen LogP contribution in [0.4, 0.5) is 4.39 Å². The summed E-state index contributed by atoms with van der Waals surface area (Å²) in [6, 6.07) is 9.96. The summed E-state index contributed by atoms with van der Waals surface area (Å²) in [4.78, 5) is 14.7. The normalized spacial score (nSPS) is 14.3. The number of benzene rings is 1. The van der Waals surface area contributed by atoms with Crippen LogP contribution in [-0.4, -0.2) is 38.2 Å². The van der Waals surface area contributed by atoms with Crippen LogP contribution in [0.5, 0.6) is 0 Å². The molecule has 1 amide bonds. The summed E-state index contributed by atoms with van der Waals surface area (Å²) < 4.78 is 17.1. The molecule has 1 aliphatic heterocycles. The third kappa shape index (κ3) is 2.50. The smallest absolute Gasteiger partial charge is 0.259 e. The second-order valence-electron chi connectivity index (χ2n) is 5.86. The number of likely N-dealkylation sites (tertiary alicyclic amines) is 1. The van der Waals surface area contributed by atoms with Crippen molar-refractivity contribution in [2.45, 2.75) is 12.8 Å². The van der Waals surface area contributed by atoms with Crippen LogP contribution in [-0.2, 0) is 0 Å². The van der Waals surface area contributed by atoms with E-state index in [1.807, 2.05) is 34.0 Å². The van der Waals surface area contributed by atoms with E-state index in [4.69, 9.17) is 0 Å². The van der Waals surface area contributed by atoms with Gasteiger partial charge in [0.1, 0.15) is 11.4 Å². The molecule has 2 aromatic heterocycles. The average Bonchev–Trinajstić information content (AvgIpc) is 3.33. The number of halogens is 1. The van der Waals surface area contributed by atoms with Crippen LogP contribution >= 0.6 is 0 Å². The Labute approximate surface area is 138 Å². The zero-order valence-electron chi connectivity index (χ0n) is 13.1. The van der Waals surface area contributed by atoms with Gasteiger partial charge in [0.15, 0.2) is 5.82 Å². The van der Waals surface area contributed by atoms with Crippen LogP contribution in [0.3, 0.4) is 0 Å². The Bertz CT molecular complexity index is 863. The largest absolute Gasteiger partial charge is 0.338 e. The highest BCUT2D eigenvalue weighted by atomic mass is 19.1. The Kier molecular flexibility index (Phi) is 3.65. The van der Waals surface area contributed by atoms with Gasteiger partial charge in [-0.15, -0.1) is 0 Å². The van der Waals surface area contributed by atoms with Crippen molar-refractivity contribution in [1.82, 2.24) is 19.2 Å². The molecule has 0 radical (unpaired) electrons. The van der Waals surface area contributed by atoms with Crippen LogP contribution < -0.4 is 0 Å². The number of rotatable bonds is 3. The Balaban J connectivity index is 1.85. The minimum Gasteiger partial charge on any atom is -0.338 e. The van der Waals surface area contributed by atoms with Gasteiger partial charge in [0.05, 0.1) is 11.9 Å². The lowest BCUT2D eigenvalue weighted by Crippen LogP contribution is -2.28. The van der Waals surface area contributed by atoms with Crippen molar-refractivity contribution in [2.24, 2.45) is 0 Å². The molecule has 3 heterocycles. The number of amides is 1. The monoisotopic (exact) mass is 324 g/mol. The molecule has 0 N–H and O–H groups in total. The van der Waals surface area contributed by atoms with E-state index >= 15 is 0 Å². The molecule has 122 valence electrons. The first-order chi connectivity index (χ1) is 11.7.